The third-order valence-corrected chi connectivity index (χ3v) is 4.68. The lowest BCUT2D eigenvalue weighted by Crippen LogP contribution is -3.08. The molecule has 2 atom stereocenters. The fraction of sp³-hybridized carbons (Fsp3) is 0.286. The smallest absolute Gasteiger partial charge is 0.275 e. The Morgan fingerprint density at radius 1 is 1.26 bits per heavy atom. The van der Waals surface area contributed by atoms with Gasteiger partial charge in [-0.05, 0) is 37.3 Å². The van der Waals surface area contributed by atoms with Crippen LogP contribution in [-0.2, 0) is 11.3 Å². The first-order valence-corrected chi connectivity index (χ1v) is 9.25. The molecule has 2 N–H and O–H groups in total. The minimum atomic E-state index is -0.196. The molecular formula is C21H24ClN2O3+. The van der Waals surface area contributed by atoms with Crippen LogP contribution >= 0.6 is 11.6 Å². The minimum Gasteiger partial charge on any atom is -0.496 e. The number of halogens is 1. The maximum absolute atomic E-state index is 12.4. The van der Waals surface area contributed by atoms with Crippen LogP contribution in [0.1, 0.15) is 24.3 Å². The van der Waals surface area contributed by atoms with Gasteiger partial charge in [-0.3, -0.25) is 4.79 Å². The summed E-state index contributed by atoms with van der Waals surface area (Å²) in [7, 11) is 3.59. The van der Waals surface area contributed by atoms with Crippen molar-refractivity contribution in [1.29, 1.82) is 0 Å². The lowest BCUT2D eigenvalue weighted by atomic mass is 10.2. The van der Waals surface area contributed by atoms with E-state index in [9.17, 15) is 4.79 Å². The molecule has 0 fully saturated rings. The highest BCUT2D eigenvalue weighted by atomic mass is 35.5. The summed E-state index contributed by atoms with van der Waals surface area (Å²) in [6, 6.07) is 15.1. The second-order valence-corrected chi connectivity index (χ2v) is 7.18. The van der Waals surface area contributed by atoms with Gasteiger partial charge in [-0.2, -0.15) is 0 Å². The highest BCUT2D eigenvalue weighted by molar-refractivity contribution is 6.30. The van der Waals surface area contributed by atoms with E-state index in [2.05, 4.69) is 5.32 Å². The molecule has 3 rings (SSSR count). The third-order valence-electron chi connectivity index (χ3n) is 4.45. The number of carbonyl (C=O) groups excluding carboxylic acids is 1. The lowest BCUT2D eigenvalue weighted by Gasteiger charge is -2.17. The number of likely N-dealkylation sites (N-methyl/N-ethyl adjacent to an activating group) is 1. The molecule has 3 aromatic rings. The summed E-state index contributed by atoms with van der Waals surface area (Å²) in [6.07, 6.45) is 0. The molecule has 0 spiro atoms. The molecule has 1 aromatic heterocycles. The van der Waals surface area contributed by atoms with Crippen molar-refractivity contribution in [1.82, 2.24) is 5.32 Å². The predicted octanol–water partition coefficient (Wildman–Crippen LogP) is 2.99. The molecule has 27 heavy (non-hydrogen) atoms. The summed E-state index contributed by atoms with van der Waals surface area (Å²) in [6.45, 7) is 2.89. The van der Waals surface area contributed by atoms with Gasteiger partial charge in [0.05, 0.1) is 20.2 Å². The van der Waals surface area contributed by atoms with Crippen LogP contribution in [0, 0.1) is 0 Å². The van der Waals surface area contributed by atoms with Crippen molar-refractivity contribution in [2.75, 3.05) is 20.7 Å². The van der Waals surface area contributed by atoms with Gasteiger partial charge in [0.25, 0.3) is 5.91 Å². The predicted molar refractivity (Wildman–Crippen MR) is 106 cm³/mol. The number of methoxy groups -OCH3 is 1. The number of furan rings is 1. The number of para-hydroxylation sites is 1. The SMILES string of the molecule is COc1ccc(Cl)cc1C[NH+](C)CC(=O)N[C@H](C)c1cc2ccccc2o1. The zero-order valence-electron chi connectivity index (χ0n) is 15.7. The van der Waals surface area contributed by atoms with Gasteiger partial charge in [0.1, 0.15) is 23.6 Å². The van der Waals surface area contributed by atoms with E-state index in [4.69, 9.17) is 20.8 Å². The zero-order valence-corrected chi connectivity index (χ0v) is 16.5. The molecule has 1 unspecified atom stereocenters. The van der Waals surface area contributed by atoms with E-state index in [1.807, 2.05) is 56.4 Å². The van der Waals surface area contributed by atoms with Crippen LogP contribution in [-0.4, -0.2) is 26.6 Å². The van der Waals surface area contributed by atoms with Crippen molar-refractivity contribution in [2.45, 2.75) is 19.5 Å². The quantitative estimate of drug-likeness (QED) is 0.655. The van der Waals surface area contributed by atoms with Crippen LogP contribution in [0.5, 0.6) is 5.75 Å². The van der Waals surface area contributed by atoms with Crippen molar-refractivity contribution in [2.24, 2.45) is 0 Å². The van der Waals surface area contributed by atoms with Gasteiger partial charge < -0.3 is 19.4 Å². The molecule has 0 saturated heterocycles. The molecule has 5 nitrogen and oxygen atoms in total. The standard InChI is InChI=1S/C21H23ClN2O3/c1-14(20-11-15-6-4-5-7-19(15)27-20)23-21(25)13-24(2)12-16-10-17(22)8-9-18(16)26-3/h4-11,14H,12-13H2,1-3H3,(H,23,25)/p+1/t14-/m1/s1. The molecule has 0 aliphatic carbocycles. The third kappa shape index (κ3) is 4.81. The van der Waals surface area contributed by atoms with Crippen molar-refractivity contribution >= 4 is 28.5 Å². The van der Waals surface area contributed by atoms with Crippen molar-refractivity contribution in [3.63, 3.8) is 0 Å². The average molecular weight is 388 g/mol. The van der Waals surface area contributed by atoms with Crippen molar-refractivity contribution < 1.29 is 18.8 Å². The summed E-state index contributed by atoms with van der Waals surface area (Å²) in [5.41, 5.74) is 1.80. The maximum Gasteiger partial charge on any atom is 0.275 e. The van der Waals surface area contributed by atoms with Gasteiger partial charge in [0.2, 0.25) is 0 Å². The highest BCUT2D eigenvalue weighted by Crippen LogP contribution is 2.23. The van der Waals surface area contributed by atoms with Crippen molar-refractivity contribution in [3.8, 4) is 5.75 Å². The van der Waals surface area contributed by atoms with E-state index < -0.39 is 0 Å². The summed E-state index contributed by atoms with van der Waals surface area (Å²) in [5, 5.41) is 4.69. The van der Waals surface area contributed by atoms with E-state index in [-0.39, 0.29) is 11.9 Å². The minimum absolute atomic E-state index is 0.0403. The molecule has 2 aromatic carbocycles. The van der Waals surface area contributed by atoms with E-state index in [1.165, 1.54) is 0 Å². The van der Waals surface area contributed by atoms with E-state index in [1.54, 1.807) is 13.2 Å². The van der Waals surface area contributed by atoms with Gasteiger partial charge in [-0.15, -0.1) is 0 Å². The normalized spacial score (nSPS) is 13.3. The van der Waals surface area contributed by atoms with Gasteiger partial charge in [0.15, 0.2) is 6.54 Å². The molecule has 0 aliphatic heterocycles. The van der Waals surface area contributed by atoms with Gasteiger partial charge in [-0.1, -0.05) is 29.8 Å². The maximum atomic E-state index is 12.4. The number of ether oxygens (including phenoxy) is 1. The number of carbonyl (C=O) groups is 1. The van der Waals surface area contributed by atoms with Crippen LogP contribution in [0.15, 0.2) is 52.9 Å². The largest absolute Gasteiger partial charge is 0.496 e. The first-order chi connectivity index (χ1) is 13.0. The molecule has 0 saturated carbocycles. The van der Waals surface area contributed by atoms with Gasteiger partial charge >= 0.3 is 0 Å². The summed E-state index contributed by atoms with van der Waals surface area (Å²) >= 11 is 6.08. The molecular weight excluding hydrogens is 364 g/mol. The van der Waals surface area contributed by atoms with Crippen LogP contribution < -0.4 is 15.0 Å². The number of hydrogen-bond acceptors (Lipinski definition) is 3. The van der Waals surface area contributed by atoms with Gasteiger partial charge in [0, 0.05) is 16.0 Å². The van der Waals surface area contributed by atoms with Crippen LogP contribution in [0.2, 0.25) is 5.02 Å². The zero-order chi connectivity index (χ0) is 19.4. The Morgan fingerprint density at radius 3 is 2.78 bits per heavy atom. The Bertz CT molecular complexity index is 905. The van der Waals surface area contributed by atoms with Crippen molar-refractivity contribution in [3.05, 3.63) is 64.9 Å². The Balaban J connectivity index is 1.59. The Hall–Kier alpha value is -2.50. The average Bonchev–Trinajstić information content (AvgIpc) is 3.06. The first kappa shape index (κ1) is 19.3. The summed E-state index contributed by atoms with van der Waals surface area (Å²) in [5.74, 6) is 1.48. The number of amides is 1. The number of rotatable bonds is 7. The fourth-order valence-corrected chi connectivity index (χ4v) is 3.32. The Morgan fingerprint density at radius 2 is 2.04 bits per heavy atom. The number of fused-ring (bicyclic) bond motifs is 1. The number of hydrogen-bond donors (Lipinski definition) is 2. The Kier molecular flexibility index (Phi) is 6.04. The highest BCUT2D eigenvalue weighted by Gasteiger charge is 2.18. The Labute approximate surface area is 163 Å². The monoisotopic (exact) mass is 387 g/mol. The number of quaternary nitrogens is 1. The molecule has 6 heteroatoms. The number of benzene rings is 2. The first-order valence-electron chi connectivity index (χ1n) is 8.88. The molecule has 0 bridgehead atoms. The summed E-state index contributed by atoms with van der Waals surface area (Å²) in [4.78, 5) is 13.5. The fourth-order valence-electron chi connectivity index (χ4n) is 3.13. The topological polar surface area (TPSA) is 55.9 Å². The molecule has 142 valence electrons. The molecule has 0 radical (unpaired) electrons. The lowest BCUT2D eigenvalue weighted by molar-refractivity contribution is -0.885. The molecule has 0 aliphatic rings. The number of nitrogens with one attached hydrogen (secondary N) is 2. The van der Waals surface area contributed by atoms with E-state index in [0.717, 1.165) is 32.9 Å². The van der Waals surface area contributed by atoms with Crippen LogP contribution in [0.3, 0.4) is 0 Å². The molecule has 1 amide bonds. The molecule has 1 heterocycles. The van der Waals surface area contributed by atoms with E-state index in [0.29, 0.717) is 18.1 Å². The second kappa shape index (κ2) is 8.46. The second-order valence-electron chi connectivity index (χ2n) is 6.74. The van der Waals surface area contributed by atoms with E-state index >= 15 is 0 Å². The van der Waals surface area contributed by atoms with Crippen LogP contribution in [0.25, 0.3) is 11.0 Å². The summed E-state index contributed by atoms with van der Waals surface area (Å²) < 4.78 is 11.2. The van der Waals surface area contributed by atoms with Crippen LogP contribution in [0.4, 0.5) is 0 Å². The van der Waals surface area contributed by atoms with Gasteiger partial charge in [-0.25, -0.2) is 0 Å².